The molecule has 0 unspecified atom stereocenters. The molecule has 224 valence electrons. The van der Waals surface area contributed by atoms with Crippen molar-refractivity contribution in [2.24, 2.45) is 5.73 Å². The van der Waals surface area contributed by atoms with Gasteiger partial charge in [0.2, 0.25) is 5.95 Å². The number of nitrogens with zero attached hydrogens (tertiary/aromatic N) is 3. The van der Waals surface area contributed by atoms with Crippen molar-refractivity contribution >= 4 is 48.6 Å². The van der Waals surface area contributed by atoms with Crippen LogP contribution in [0.4, 0.5) is 19.1 Å². The number of benzene rings is 2. The van der Waals surface area contributed by atoms with Crippen LogP contribution in [0.1, 0.15) is 31.4 Å². The van der Waals surface area contributed by atoms with Gasteiger partial charge in [-0.1, -0.05) is 48.0 Å². The molecule has 0 radical (unpaired) electrons. The average molecular weight is 644 g/mol. The standard InChI is InChI=1S/C26H25ClF3N5O5S2/c1-16-22(19-11-5-6-12-21(19)35(16)41(36,37)18-9-3-2-4-10-18)23-20(27)15-32-24(33-23)34-25(13-7-8-17(31)14-25)40-42(38,39)26(28,29)30/h2-6,9-12,15,17H,7-8,13-14,31H2,1H3,(H,32,33,34)/t17-,25+/m0/s1. The van der Waals surface area contributed by atoms with Gasteiger partial charge in [-0.3, -0.25) is 0 Å². The van der Waals surface area contributed by atoms with E-state index in [2.05, 4.69) is 15.3 Å². The third-order valence-corrected chi connectivity index (χ3v) is 10.2. The third-order valence-electron chi connectivity index (χ3n) is 6.96. The topological polar surface area (TPSA) is 146 Å². The second-order valence-electron chi connectivity index (χ2n) is 9.91. The summed E-state index contributed by atoms with van der Waals surface area (Å²) < 4.78 is 97.2. The van der Waals surface area contributed by atoms with Gasteiger partial charge in [-0.05, 0) is 44.4 Å². The van der Waals surface area contributed by atoms with Crippen LogP contribution in [-0.4, -0.2) is 48.1 Å². The van der Waals surface area contributed by atoms with Crippen molar-refractivity contribution in [3.8, 4) is 11.3 Å². The van der Waals surface area contributed by atoms with Gasteiger partial charge in [0, 0.05) is 29.1 Å². The van der Waals surface area contributed by atoms with Crippen molar-refractivity contribution in [2.45, 2.75) is 54.8 Å². The smallest absolute Gasteiger partial charge is 0.328 e. The molecule has 1 saturated carbocycles. The first kappa shape index (κ1) is 30.2. The summed E-state index contributed by atoms with van der Waals surface area (Å²) in [4.78, 5) is 8.53. The molecule has 0 saturated heterocycles. The van der Waals surface area contributed by atoms with Gasteiger partial charge in [-0.25, -0.2) is 26.5 Å². The molecule has 0 spiro atoms. The van der Waals surface area contributed by atoms with Crippen molar-refractivity contribution < 1.29 is 34.2 Å². The molecule has 5 rings (SSSR count). The van der Waals surface area contributed by atoms with Gasteiger partial charge in [-0.15, -0.1) is 0 Å². The maximum atomic E-state index is 13.7. The summed E-state index contributed by atoms with van der Waals surface area (Å²) >= 11 is 6.50. The summed E-state index contributed by atoms with van der Waals surface area (Å²) in [6.07, 6.45) is 1.48. The summed E-state index contributed by atoms with van der Waals surface area (Å²) in [5, 5.41) is 3.13. The minimum atomic E-state index is -6.01. The number of halogens is 4. The van der Waals surface area contributed by atoms with Crippen LogP contribution in [0.15, 0.2) is 65.7 Å². The zero-order valence-corrected chi connectivity index (χ0v) is 24.4. The highest BCUT2D eigenvalue weighted by Crippen LogP contribution is 2.41. The molecule has 0 aliphatic heterocycles. The van der Waals surface area contributed by atoms with E-state index in [4.69, 9.17) is 21.5 Å². The Morgan fingerprint density at radius 2 is 1.76 bits per heavy atom. The fourth-order valence-electron chi connectivity index (χ4n) is 5.20. The summed E-state index contributed by atoms with van der Waals surface area (Å²) in [7, 11) is -10.1. The van der Waals surface area contributed by atoms with Crippen LogP contribution in [0.2, 0.25) is 5.02 Å². The van der Waals surface area contributed by atoms with Crippen molar-refractivity contribution in [2.75, 3.05) is 5.32 Å². The zero-order valence-electron chi connectivity index (χ0n) is 22.0. The number of fused-ring (bicyclic) bond motifs is 1. The Kier molecular flexibility index (Phi) is 7.77. The van der Waals surface area contributed by atoms with Gasteiger partial charge in [0.1, 0.15) is 0 Å². The summed E-state index contributed by atoms with van der Waals surface area (Å²) in [6.45, 7) is 1.57. The number of aromatic nitrogens is 3. The van der Waals surface area contributed by atoms with Gasteiger partial charge < -0.3 is 11.1 Å². The average Bonchev–Trinajstić information content (AvgIpc) is 3.21. The van der Waals surface area contributed by atoms with Gasteiger partial charge >= 0.3 is 15.6 Å². The second-order valence-corrected chi connectivity index (χ2v) is 13.6. The first-order chi connectivity index (χ1) is 19.7. The summed E-state index contributed by atoms with van der Waals surface area (Å²) in [5.74, 6) is -0.289. The van der Waals surface area contributed by atoms with E-state index < -0.39 is 37.4 Å². The highest BCUT2D eigenvalue weighted by molar-refractivity contribution is 7.90. The number of nitrogens with one attached hydrogen (secondary N) is 1. The molecule has 1 aliphatic rings. The van der Waals surface area contributed by atoms with Gasteiger partial charge in [-0.2, -0.15) is 21.6 Å². The van der Waals surface area contributed by atoms with Crippen LogP contribution in [0.3, 0.4) is 0 Å². The Balaban J connectivity index is 1.64. The Bertz CT molecular complexity index is 1870. The highest BCUT2D eigenvalue weighted by atomic mass is 35.5. The molecular formula is C26H25ClF3N5O5S2. The molecule has 0 amide bonds. The van der Waals surface area contributed by atoms with Crippen molar-refractivity contribution in [3.05, 3.63) is 71.5 Å². The number of nitrogens with two attached hydrogens (primary N) is 1. The molecule has 10 nitrogen and oxygen atoms in total. The summed E-state index contributed by atoms with van der Waals surface area (Å²) in [6, 6.07) is 13.8. The van der Waals surface area contributed by atoms with E-state index in [1.807, 2.05) is 0 Å². The molecule has 2 atom stereocenters. The van der Waals surface area contributed by atoms with E-state index in [9.17, 15) is 30.0 Å². The highest BCUT2D eigenvalue weighted by Gasteiger charge is 2.53. The third kappa shape index (κ3) is 5.46. The van der Waals surface area contributed by atoms with Crippen LogP contribution in [-0.2, 0) is 24.3 Å². The van der Waals surface area contributed by atoms with Crippen LogP contribution in [0.5, 0.6) is 0 Å². The molecule has 16 heteroatoms. The van der Waals surface area contributed by atoms with Crippen molar-refractivity contribution in [1.82, 2.24) is 13.9 Å². The lowest BCUT2D eigenvalue weighted by atomic mass is 9.88. The number of alkyl halides is 3. The number of hydrogen-bond acceptors (Lipinski definition) is 9. The number of anilines is 1. The zero-order chi connectivity index (χ0) is 30.5. The Labute approximate surface area is 244 Å². The molecule has 3 N–H and O–H groups in total. The van der Waals surface area contributed by atoms with Gasteiger partial charge in [0.15, 0.2) is 5.72 Å². The monoisotopic (exact) mass is 643 g/mol. The molecule has 0 bridgehead atoms. The van der Waals surface area contributed by atoms with E-state index in [0.717, 1.165) is 0 Å². The first-order valence-electron chi connectivity index (χ1n) is 12.6. The maximum Gasteiger partial charge on any atom is 0.523 e. The lowest BCUT2D eigenvalue weighted by Crippen LogP contribution is -2.52. The van der Waals surface area contributed by atoms with Crippen LogP contribution < -0.4 is 11.1 Å². The van der Waals surface area contributed by atoms with Gasteiger partial charge in [0.25, 0.3) is 10.0 Å². The lowest BCUT2D eigenvalue weighted by Gasteiger charge is -2.39. The number of para-hydroxylation sites is 1. The molecule has 4 aromatic rings. The Hall–Kier alpha value is -3.24. The molecule has 1 aliphatic carbocycles. The molecule has 2 heterocycles. The van der Waals surface area contributed by atoms with Gasteiger partial charge in [0.05, 0.1) is 27.3 Å². The van der Waals surface area contributed by atoms with Crippen LogP contribution >= 0.6 is 11.6 Å². The quantitative estimate of drug-likeness (QED) is 0.158. The van der Waals surface area contributed by atoms with Crippen molar-refractivity contribution in [3.63, 3.8) is 0 Å². The van der Waals surface area contributed by atoms with Crippen molar-refractivity contribution in [1.29, 1.82) is 0 Å². The Morgan fingerprint density at radius 3 is 2.43 bits per heavy atom. The fourth-order valence-corrected chi connectivity index (χ4v) is 7.67. The number of rotatable bonds is 7. The minimum absolute atomic E-state index is 0.0156. The van der Waals surface area contributed by atoms with E-state index in [1.54, 1.807) is 49.4 Å². The maximum absolute atomic E-state index is 13.7. The predicted molar refractivity (Wildman–Crippen MR) is 151 cm³/mol. The Morgan fingerprint density at radius 1 is 1.10 bits per heavy atom. The molecule has 1 fully saturated rings. The minimum Gasteiger partial charge on any atom is -0.328 e. The normalized spacial score (nSPS) is 20.1. The fraction of sp³-hybridized carbons (Fsp3) is 0.308. The SMILES string of the molecule is Cc1c(-c2nc(N[C@@]3(OS(=O)(=O)C(F)(F)F)CCC[C@H](N)C3)ncc2Cl)c2ccccc2n1S(=O)(=O)c1ccccc1. The van der Waals surface area contributed by atoms with E-state index in [0.29, 0.717) is 22.9 Å². The van der Waals surface area contributed by atoms with E-state index >= 15 is 0 Å². The molecular weight excluding hydrogens is 619 g/mol. The van der Waals surface area contributed by atoms with E-state index in [-0.39, 0.29) is 46.5 Å². The molecule has 2 aromatic carbocycles. The molecule has 42 heavy (non-hydrogen) atoms. The predicted octanol–water partition coefficient (Wildman–Crippen LogP) is 5.17. The first-order valence-corrected chi connectivity index (χ1v) is 15.9. The summed E-state index contributed by atoms with van der Waals surface area (Å²) in [5.41, 5.74) is -0.760. The van der Waals surface area contributed by atoms with Crippen LogP contribution in [0.25, 0.3) is 22.2 Å². The second kappa shape index (κ2) is 10.8. The van der Waals surface area contributed by atoms with Crippen LogP contribution in [0, 0.1) is 6.92 Å². The molecule has 2 aromatic heterocycles. The largest absolute Gasteiger partial charge is 0.523 e. The van der Waals surface area contributed by atoms with E-state index in [1.165, 1.54) is 22.3 Å². The number of hydrogen-bond donors (Lipinski definition) is 2. The lowest BCUT2D eigenvalue weighted by molar-refractivity contribution is -0.0669.